The lowest BCUT2D eigenvalue weighted by Gasteiger charge is -2.04. The zero-order chi connectivity index (χ0) is 17.4. The minimum Gasteiger partial charge on any atom is -0.506 e. The van der Waals surface area contributed by atoms with Gasteiger partial charge in [-0.2, -0.15) is 5.11 Å². The molecule has 25 heavy (non-hydrogen) atoms. The summed E-state index contributed by atoms with van der Waals surface area (Å²) in [5.41, 5.74) is 2.15. The van der Waals surface area contributed by atoms with Crippen LogP contribution in [0.15, 0.2) is 64.8 Å². The number of phenolic OH excluding ortho intramolecular Hbond substituents is 1. The van der Waals surface area contributed by atoms with E-state index in [2.05, 4.69) is 20.2 Å². The molecule has 0 atom stereocenters. The van der Waals surface area contributed by atoms with Crippen molar-refractivity contribution in [3.8, 4) is 5.75 Å². The number of aromatic nitrogens is 2. The van der Waals surface area contributed by atoms with Crippen molar-refractivity contribution in [1.82, 2.24) is 9.97 Å². The predicted octanol–water partition coefficient (Wildman–Crippen LogP) is 6.21. The molecule has 0 aliphatic heterocycles. The monoisotopic (exact) mass is 368 g/mol. The van der Waals surface area contributed by atoms with Gasteiger partial charge in [0, 0.05) is 5.39 Å². The molecule has 7 heteroatoms. The van der Waals surface area contributed by atoms with Crippen LogP contribution in [-0.4, -0.2) is 15.1 Å². The number of phenols is 1. The average molecular weight is 369 g/mol. The number of fused-ring (bicyclic) bond motifs is 2. The second kappa shape index (κ2) is 6.27. The summed E-state index contributed by atoms with van der Waals surface area (Å²) in [6.45, 7) is 0. The molecule has 122 valence electrons. The molecule has 4 rings (SSSR count). The second-order valence-electron chi connectivity index (χ2n) is 5.33. The molecule has 1 aromatic heterocycles. The smallest absolute Gasteiger partial charge is 0.167 e. The van der Waals surface area contributed by atoms with Gasteiger partial charge in [0.25, 0.3) is 0 Å². The first-order valence-corrected chi connectivity index (χ1v) is 8.13. The Morgan fingerprint density at radius 1 is 0.800 bits per heavy atom. The van der Waals surface area contributed by atoms with E-state index in [0.717, 1.165) is 10.8 Å². The Morgan fingerprint density at radius 3 is 2.40 bits per heavy atom. The summed E-state index contributed by atoms with van der Waals surface area (Å²) >= 11 is 11.8. The molecule has 1 heterocycles. The lowest BCUT2D eigenvalue weighted by atomic mass is 10.1. The van der Waals surface area contributed by atoms with Gasteiger partial charge in [0.05, 0.1) is 16.7 Å². The third kappa shape index (κ3) is 2.99. The van der Waals surface area contributed by atoms with E-state index in [1.807, 2.05) is 30.3 Å². The predicted molar refractivity (Wildman–Crippen MR) is 99.3 cm³/mol. The van der Waals surface area contributed by atoms with Gasteiger partial charge in [-0.05, 0) is 29.7 Å². The Labute approximate surface area is 152 Å². The van der Waals surface area contributed by atoms with Crippen LogP contribution < -0.4 is 0 Å². The lowest BCUT2D eigenvalue weighted by molar-refractivity contribution is 0.477. The molecule has 0 fully saturated rings. The third-order valence-electron chi connectivity index (χ3n) is 3.71. The first kappa shape index (κ1) is 15.7. The van der Waals surface area contributed by atoms with E-state index in [4.69, 9.17) is 23.2 Å². The maximum atomic E-state index is 10.1. The molecular formula is C18H10Cl2N4O. The quantitative estimate of drug-likeness (QED) is 0.427. The van der Waals surface area contributed by atoms with Gasteiger partial charge in [0.1, 0.15) is 11.4 Å². The Kier molecular flexibility index (Phi) is 3.95. The number of benzene rings is 3. The first-order valence-electron chi connectivity index (χ1n) is 7.37. The minimum absolute atomic E-state index is 0.0675. The molecule has 3 aromatic carbocycles. The zero-order valence-corrected chi connectivity index (χ0v) is 14.2. The Hall–Kier alpha value is -2.76. The summed E-state index contributed by atoms with van der Waals surface area (Å²) in [6, 6.07) is 16.3. The topological polar surface area (TPSA) is 70.7 Å². The number of hydrogen-bond acceptors (Lipinski definition) is 5. The minimum atomic E-state index is 0.0675. The van der Waals surface area contributed by atoms with Gasteiger partial charge >= 0.3 is 0 Å². The molecule has 0 spiro atoms. The number of nitrogens with zero attached hydrogens (tertiary/aromatic N) is 4. The van der Waals surface area contributed by atoms with Crippen molar-refractivity contribution in [2.75, 3.05) is 0 Å². The Bertz CT molecular complexity index is 1140. The van der Waals surface area contributed by atoms with Crippen molar-refractivity contribution in [2.24, 2.45) is 10.2 Å². The molecule has 0 saturated heterocycles. The molecule has 4 aromatic rings. The Balaban J connectivity index is 1.79. The number of aromatic hydroxyl groups is 1. The van der Waals surface area contributed by atoms with Crippen LogP contribution in [0.5, 0.6) is 5.75 Å². The molecule has 0 amide bonds. The van der Waals surface area contributed by atoms with Crippen molar-refractivity contribution < 1.29 is 5.11 Å². The van der Waals surface area contributed by atoms with E-state index >= 15 is 0 Å². The molecule has 0 unspecified atom stereocenters. The van der Waals surface area contributed by atoms with Crippen LogP contribution in [0.1, 0.15) is 0 Å². The molecule has 0 saturated carbocycles. The van der Waals surface area contributed by atoms with Crippen molar-refractivity contribution in [3.63, 3.8) is 0 Å². The molecule has 0 aliphatic carbocycles. The Morgan fingerprint density at radius 2 is 1.56 bits per heavy atom. The second-order valence-corrected chi connectivity index (χ2v) is 6.05. The van der Waals surface area contributed by atoms with E-state index < -0.39 is 0 Å². The summed E-state index contributed by atoms with van der Waals surface area (Å²) in [7, 11) is 0. The SMILES string of the molecule is Oc1ccc2ccccc2c1N=Nc1ccc2nc(Cl)c(Cl)nc2c1. The summed E-state index contributed by atoms with van der Waals surface area (Å²) in [4.78, 5) is 8.33. The molecule has 0 aliphatic rings. The summed E-state index contributed by atoms with van der Waals surface area (Å²) in [5, 5.41) is 20.6. The maximum absolute atomic E-state index is 10.1. The van der Waals surface area contributed by atoms with E-state index in [1.165, 1.54) is 0 Å². The van der Waals surface area contributed by atoms with Crippen LogP contribution in [0.3, 0.4) is 0 Å². The van der Waals surface area contributed by atoms with Gasteiger partial charge in [-0.3, -0.25) is 0 Å². The highest BCUT2D eigenvalue weighted by molar-refractivity contribution is 6.40. The molecular weight excluding hydrogens is 359 g/mol. The lowest BCUT2D eigenvalue weighted by Crippen LogP contribution is -1.86. The fraction of sp³-hybridized carbons (Fsp3) is 0. The van der Waals surface area contributed by atoms with Crippen LogP contribution in [0.2, 0.25) is 10.3 Å². The highest BCUT2D eigenvalue weighted by atomic mass is 35.5. The fourth-order valence-electron chi connectivity index (χ4n) is 2.52. The van der Waals surface area contributed by atoms with Gasteiger partial charge in [-0.1, -0.05) is 53.5 Å². The maximum Gasteiger partial charge on any atom is 0.167 e. The van der Waals surface area contributed by atoms with Crippen molar-refractivity contribution >= 4 is 56.4 Å². The molecule has 5 nitrogen and oxygen atoms in total. The largest absolute Gasteiger partial charge is 0.506 e. The van der Waals surface area contributed by atoms with Crippen LogP contribution in [0.4, 0.5) is 11.4 Å². The summed E-state index contributed by atoms with van der Waals surface area (Å²) in [6.07, 6.45) is 0. The molecule has 1 N–H and O–H groups in total. The number of halogens is 2. The van der Waals surface area contributed by atoms with E-state index in [0.29, 0.717) is 22.4 Å². The molecule has 0 bridgehead atoms. The highest BCUT2D eigenvalue weighted by Crippen LogP contribution is 2.36. The van der Waals surface area contributed by atoms with Gasteiger partial charge in [0.15, 0.2) is 10.3 Å². The highest BCUT2D eigenvalue weighted by Gasteiger charge is 2.07. The average Bonchev–Trinajstić information content (AvgIpc) is 2.62. The first-order chi connectivity index (χ1) is 12.1. The van der Waals surface area contributed by atoms with Crippen LogP contribution in [0, 0.1) is 0 Å². The number of azo groups is 1. The molecule has 0 radical (unpaired) electrons. The van der Waals surface area contributed by atoms with E-state index in [-0.39, 0.29) is 16.1 Å². The standard InChI is InChI=1S/C18H10Cl2N4O/c19-17-18(20)22-14-9-11(6-7-13(14)21-17)23-24-16-12-4-2-1-3-10(12)5-8-15(16)25/h1-9,25H. The van der Waals surface area contributed by atoms with Crippen molar-refractivity contribution in [3.05, 3.63) is 64.9 Å². The van der Waals surface area contributed by atoms with Crippen LogP contribution in [-0.2, 0) is 0 Å². The normalized spacial score (nSPS) is 11.6. The van der Waals surface area contributed by atoms with Crippen LogP contribution in [0.25, 0.3) is 21.8 Å². The summed E-state index contributed by atoms with van der Waals surface area (Å²) in [5.74, 6) is 0.0675. The van der Waals surface area contributed by atoms with Gasteiger partial charge in [0.2, 0.25) is 0 Å². The van der Waals surface area contributed by atoms with Crippen molar-refractivity contribution in [1.29, 1.82) is 0 Å². The van der Waals surface area contributed by atoms with E-state index in [1.54, 1.807) is 24.3 Å². The van der Waals surface area contributed by atoms with Gasteiger partial charge in [-0.25, -0.2) is 9.97 Å². The summed E-state index contributed by atoms with van der Waals surface area (Å²) < 4.78 is 0. The van der Waals surface area contributed by atoms with E-state index in [9.17, 15) is 5.11 Å². The number of rotatable bonds is 2. The fourth-order valence-corrected chi connectivity index (χ4v) is 2.78. The van der Waals surface area contributed by atoms with Crippen LogP contribution >= 0.6 is 23.2 Å². The number of hydrogen-bond donors (Lipinski definition) is 1. The van der Waals surface area contributed by atoms with Gasteiger partial charge in [-0.15, -0.1) is 5.11 Å². The van der Waals surface area contributed by atoms with Crippen molar-refractivity contribution in [2.45, 2.75) is 0 Å². The van der Waals surface area contributed by atoms with Gasteiger partial charge < -0.3 is 5.11 Å². The third-order valence-corrected chi connectivity index (χ3v) is 4.33. The zero-order valence-electron chi connectivity index (χ0n) is 12.7.